The zero-order chi connectivity index (χ0) is 19.9. The lowest BCUT2D eigenvalue weighted by Crippen LogP contribution is -2.22. The Morgan fingerprint density at radius 1 is 1.25 bits per heavy atom. The molecule has 0 bridgehead atoms. The lowest BCUT2D eigenvalue weighted by Gasteiger charge is -2.15. The third-order valence-electron chi connectivity index (χ3n) is 4.36. The number of nitriles is 1. The highest BCUT2D eigenvalue weighted by molar-refractivity contribution is 6.02. The monoisotopic (exact) mass is 382 g/mol. The van der Waals surface area contributed by atoms with E-state index in [1.54, 1.807) is 35.3 Å². The molecule has 0 aliphatic heterocycles. The molecule has 9 heteroatoms. The summed E-state index contributed by atoms with van der Waals surface area (Å²) in [6.45, 7) is 0.504. The molecule has 3 aromatic heterocycles. The van der Waals surface area contributed by atoms with Gasteiger partial charge in [0.2, 0.25) is 0 Å². The van der Waals surface area contributed by atoms with E-state index in [2.05, 4.69) is 21.1 Å². The fourth-order valence-electron chi connectivity index (χ4n) is 3.18. The molecule has 0 N–H and O–H groups in total. The first kappa shape index (κ1) is 17.9. The van der Waals surface area contributed by atoms with Crippen LogP contribution in [-0.2, 0) is 13.1 Å². The highest BCUT2D eigenvalue weighted by atomic mass is 19.3. The molecule has 4 aromatic rings. The van der Waals surface area contributed by atoms with Gasteiger partial charge in [0, 0.05) is 12.3 Å². The van der Waals surface area contributed by atoms with E-state index >= 15 is 0 Å². The number of aromatic nitrogens is 5. The Morgan fingerprint density at radius 3 is 2.75 bits per heavy atom. The maximum absolute atomic E-state index is 14.0. The van der Waals surface area contributed by atoms with E-state index in [9.17, 15) is 14.0 Å². The highest BCUT2D eigenvalue weighted by Crippen LogP contribution is 2.28. The van der Waals surface area contributed by atoms with Crippen LogP contribution in [0.2, 0.25) is 0 Å². The van der Waals surface area contributed by atoms with Crippen LogP contribution in [0, 0.1) is 11.3 Å². The third kappa shape index (κ3) is 3.24. The first-order valence-corrected chi connectivity index (χ1v) is 8.50. The van der Waals surface area contributed by atoms with E-state index < -0.39 is 12.5 Å². The van der Waals surface area contributed by atoms with Crippen molar-refractivity contribution < 1.29 is 13.5 Å². The molecule has 0 unspecified atom stereocenters. The first-order chi connectivity index (χ1) is 13.4. The van der Waals surface area contributed by atoms with Crippen LogP contribution < -0.4 is 4.74 Å². The van der Waals surface area contributed by atoms with Gasteiger partial charge in [-0.1, -0.05) is 0 Å². The Morgan fingerprint density at radius 2 is 2.07 bits per heavy atom. The average Bonchev–Trinajstić information content (AvgIpc) is 3.25. The zero-order valence-corrected chi connectivity index (χ0v) is 15.2. The number of alkyl halides is 2. The van der Waals surface area contributed by atoms with E-state index in [-0.39, 0.29) is 6.54 Å². The van der Waals surface area contributed by atoms with Crippen LogP contribution in [0.4, 0.5) is 8.78 Å². The van der Waals surface area contributed by atoms with Crippen LogP contribution in [0.25, 0.3) is 21.9 Å². The summed E-state index contributed by atoms with van der Waals surface area (Å²) < 4.78 is 36.1. The van der Waals surface area contributed by atoms with Crippen LogP contribution in [0.5, 0.6) is 5.75 Å². The van der Waals surface area contributed by atoms with Crippen molar-refractivity contribution in [3.8, 4) is 11.8 Å². The van der Waals surface area contributed by atoms with Crippen LogP contribution in [0.3, 0.4) is 0 Å². The Balaban J connectivity index is 1.94. The first-order valence-electron chi connectivity index (χ1n) is 8.50. The van der Waals surface area contributed by atoms with Crippen LogP contribution in [-0.4, -0.2) is 37.3 Å². The van der Waals surface area contributed by atoms with Gasteiger partial charge in [0.05, 0.1) is 61.5 Å². The minimum Gasteiger partial charge on any atom is -0.493 e. The topological polar surface area (TPSA) is 81.6 Å². The molecule has 0 amide bonds. The highest BCUT2D eigenvalue weighted by Gasteiger charge is 2.26. The average molecular weight is 382 g/mol. The molecule has 28 heavy (non-hydrogen) atoms. The lowest BCUT2D eigenvalue weighted by molar-refractivity contribution is 0.00418. The maximum Gasteiger partial charge on any atom is 0.262 e. The maximum atomic E-state index is 14.0. The van der Waals surface area contributed by atoms with E-state index in [1.165, 1.54) is 17.9 Å². The van der Waals surface area contributed by atoms with Gasteiger partial charge >= 0.3 is 0 Å². The fourth-order valence-corrected chi connectivity index (χ4v) is 3.18. The zero-order valence-electron chi connectivity index (χ0n) is 15.2. The SMILES string of the molecule is COc1cnn(Cc2nc3cnc4ccc(C#N)cc4c3n2CC(C)(F)F)c1. The molecule has 0 atom stereocenters. The Kier molecular flexibility index (Phi) is 4.19. The number of halogens is 2. The van der Waals surface area contributed by atoms with Gasteiger partial charge in [-0.2, -0.15) is 10.4 Å². The summed E-state index contributed by atoms with van der Waals surface area (Å²) in [5, 5.41) is 14.0. The molecular formula is C19H16F2N6O. The van der Waals surface area contributed by atoms with Gasteiger partial charge in [0.25, 0.3) is 5.92 Å². The molecule has 4 rings (SSSR count). The number of methoxy groups -OCH3 is 1. The number of benzene rings is 1. The predicted molar refractivity (Wildman–Crippen MR) is 98.3 cm³/mol. The molecule has 0 fully saturated rings. The summed E-state index contributed by atoms with van der Waals surface area (Å²) in [4.78, 5) is 8.86. The van der Waals surface area contributed by atoms with Crippen molar-refractivity contribution in [3.05, 3.63) is 48.2 Å². The summed E-state index contributed by atoms with van der Waals surface area (Å²) in [6, 6.07) is 7.07. The fraction of sp³-hybridized carbons (Fsp3) is 0.263. The largest absolute Gasteiger partial charge is 0.493 e. The third-order valence-corrected chi connectivity index (χ3v) is 4.36. The van der Waals surface area contributed by atoms with Crippen molar-refractivity contribution in [2.75, 3.05) is 7.11 Å². The Bertz CT molecular complexity index is 1220. The standard InChI is InChI=1S/C19H16F2N6O/c1-19(20,21)11-27-17(10-26-9-13(28-2)7-24-26)25-16-8-23-15-4-3-12(6-22)5-14(15)18(16)27/h3-5,7-9H,10-11H2,1-2H3. The van der Waals surface area contributed by atoms with Gasteiger partial charge in [-0.05, 0) is 18.2 Å². The molecule has 3 heterocycles. The summed E-state index contributed by atoms with van der Waals surface area (Å²) in [6.07, 6.45) is 4.76. The van der Waals surface area contributed by atoms with Crippen LogP contribution in [0.1, 0.15) is 18.3 Å². The summed E-state index contributed by atoms with van der Waals surface area (Å²) >= 11 is 0. The second-order valence-electron chi connectivity index (χ2n) is 6.60. The molecule has 0 aliphatic carbocycles. The number of imidazole rings is 1. The van der Waals surface area contributed by atoms with Crippen LogP contribution in [0.15, 0.2) is 36.8 Å². The summed E-state index contributed by atoms with van der Waals surface area (Å²) in [5.74, 6) is -1.97. The normalized spacial score (nSPS) is 11.8. The van der Waals surface area contributed by atoms with E-state index in [0.717, 1.165) is 6.92 Å². The molecule has 7 nitrogen and oxygen atoms in total. The van der Waals surface area contributed by atoms with Gasteiger partial charge < -0.3 is 9.30 Å². The quantitative estimate of drug-likeness (QED) is 0.529. The van der Waals surface area contributed by atoms with Gasteiger partial charge in [0.15, 0.2) is 5.75 Å². The predicted octanol–water partition coefficient (Wildman–Crippen LogP) is 3.36. The van der Waals surface area contributed by atoms with Crippen molar-refractivity contribution in [2.24, 2.45) is 0 Å². The lowest BCUT2D eigenvalue weighted by atomic mass is 10.1. The number of hydrogen-bond acceptors (Lipinski definition) is 5. The van der Waals surface area contributed by atoms with Gasteiger partial charge in [-0.25, -0.2) is 13.8 Å². The van der Waals surface area contributed by atoms with Crippen molar-refractivity contribution in [1.29, 1.82) is 5.26 Å². The second kappa shape index (κ2) is 6.56. The summed E-state index contributed by atoms with van der Waals surface area (Å²) in [7, 11) is 1.53. The van der Waals surface area contributed by atoms with Crippen molar-refractivity contribution in [3.63, 3.8) is 0 Å². The van der Waals surface area contributed by atoms with Crippen molar-refractivity contribution >= 4 is 21.9 Å². The number of nitrogens with zero attached hydrogens (tertiary/aromatic N) is 6. The van der Waals surface area contributed by atoms with Crippen molar-refractivity contribution in [2.45, 2.75) is 25.9 Å². The minimum atomic E-state index is -2.95. The van der Waals surface area contributed by atoms with Gasteiger partial charge in [0.1, 0.15) is 11.3 Å². The number of pyridine rings is 1. The van der Waals surface area contributed by atoms with Crippen LogP contribution >= 0.6 is 0 Å². The molecule has 0 saturated carbocycles. The Labute approximate surface area is 158 Å². The molecule has 0 spiro atoms. The van der Waals surface area contributed by atoms with E-state index in [4.69, 9.17) is 4.74 Å². The van der Waals surface area contributed by atoms with E-state index in [0.29, 0.717) is 39.1 Å². The molecule has 1 aromatic carbocycles. The molecule has 0 saturated heterocycles. The number of rotatable bonds is 5. The van der Waals surface area contributed by atoms with E-state index in [1.807, 2.05) is 0 Å². The molecular weight excluding hydrogens is 366 g/mol. The number of hydrogen-bond donors (Lipinski definition) is 0. The summed E-state index contributed by atoms with van der Waals surface area (Å²) in [5.41, 5.74) is 2.05. The Hall–Kier alpha value is -3.54. The molecule has 0 aliphatic rings. The van der Waals surface area contributed by atoms with Gasteiger partial charge in [-0.15, -0.1) is 0 Å². The van der Waals surface area contributed by atoms with Crippen molar-refractivity contribution in [1.82, 2.24) is 24.3 Å². The molecule has 0 radical (unpaired) electrons. The smallest absolute Gasteiger partial charge is 0.262 e. The minimum absolute atomic E-state index is 0.188. The number of ether oxygens (including phenoxy) is 1. The van der Waals surface area contributed by atoms with Gasteiger partial charge in [-0.3, -0.25) is 9.67 Å². The second-order valence-corrected chi connectivity index (χ2v) is 6.60. The molecule has 142 valence electrons. The number of fused-ring (bicyclic) bond motifs is 3.